The normalized spacial score (nSPS) is 24.4. The van der Waals surface area contributed by atoms with Crippen molar-refractivity contribution < 1.29 is 116 Å². The maximum absolute atomic E-state index is 14.6. The number of esters is 2. The zero-order valence-corrected chi connectivity index (χ0v) is 78.0. The first-order valence-electron chi connectivity index (χ1n) is 46.9. The average Bonchev–Trinajstić information content (AvgIpc) is 1.67. The van der Waals surface area contributed by atoms with E-state index < -0.39 is 63.4 Å². The Kier molecular flexibility index (Phi) is 31.3. The van der Waals surface area contributed by atoms with Gasteiger partial charge in [0.2, 0.25) is 0 Å². The van der Waals surface area contributed by atoms with Crippen LogP contribution in [-0.2, 0) is 63.1 Å². The highest BCUT2D eigenvalue weighted by Gasteiger charge is 2.58. The minimum absolute atomic E-state index is 0.00786. The highest BCUT2D eigenvalue weighted by atomic mass is 19.4. The molecule has 4 amide bonds. The summed E-state index contributed by atoms with van der Waals surface area (Å²) in [6.45, 7) is 2.78. The molecule has 4 atom stereocenters. The molecule has 139 heavy (non-hydrogen) atoms. The van der Waals surface area contributed by atoms with Crippen molar-refractivity contribution in [2.24, 2.45) is 0 Å². The van der Waals surface area contributed by atoms with Gasteiger partial charge in [0, 0.05) is 131 Å². The smallest absolute Gasteiger partial charge is 0.421 e. The highest BCUT2D eigenvalue weighted by molar-refractivity contribution is 5.97. The van der Waals surface area contributed by atoms with Crippen molar-refractivity contribution in [1.29, 1.82) is 10.5 Å². The van der Waals surface area contributed by atoms with Crippen LogP contribution in [0.4, 0.5) is 57.1 Å². The molecular weight excluding hydrogens is 1830 g/mol. The number of aromatic nitrogens is 3. The summed E-state index contributed by atoms with van der Waals surface area (Å²) in [5.41, 5.74) is -11.7. The molecule has 3 aromatic heterocycles. The van der Waals surface area contributed by atoms with Crippen LogP contribution in [0.2, 0.25) is 0 Å². The number of carbonyl (C=O) groups excluding carboxylic acids is 6. The minimum atomic E-state index is -4.84. The number of ether oxygens (including phenoxy) is 2. The molecule has 4 N–H and O–H groups in total. The van der Waals surface area contributed by atoms with Crippen LogP contribution in [0.3, 0.4) is 0 Å². The number of halogens is 13. The molecule has 21 nitrogen and oxygen atoms in total. The molecule has 0 radical (unpaired) electrons. The van der Waals surface area contributed by atoms with Crippen molar-refractivity contribution in [3.05, 3.63) is 267 Å². The van der Waals surface area contributed by atoms with Crippen molar-refractivity contribution in [2.45, 2.75) is 312 Å². The highest BCUT2D eigenvalue weighted by Crippen LogP contribution is 2.52. The van der Waals surface area contributed by atoms with Crippen LogP contribution in [-0.4, -0.2) is 178 Å². The van der Waals surface area contributed by atoms with Gasteiger partial charge in [-0.25, -0.2) is 4.39 Å². The summed E-state index contributed by atoms with van der Waals surface area (Å²) < 4.78 is 183. The summed E-state index contributed by atoms with van der Waals surface area (Å²) in [6.07, 6.45) is 6.32. The summed E-state index contributed by atoms with van der Waals surface area (Å²) in [5, 5.41) is 58.5. The van der Waals surface area contributed by atoms with Crippen molar-refractivity contribution in [3.63, 3.8) is 0 Å². The van der Waals surface area contributed by atoms with E-state index in [0.29, 0.717) is 122 Å². The molecule has 0 bridgehead atoms. The Bertz CT molecular complexity index is 5500. The van der Waals surface area contributed by atoms with Gasteiger partial charge in [0.15, 0.2) is 22.4 Å². The molecule has 0 unspecified atom stereocenters. The number of alkyl halides is 12. The molecule has 5 aromatic carbocycles. The molecule has 8 aliphatic carbocycles. The molecule has 8 fully saturated rings. The second-order valence-corrected chi connectivity index (χ2v) is 38.8. The molecule has 0 saturated heterocycles. The fourth-order valence-corrected chi connectivity index (χ4v) is 20.4. The number of rotatable bonds is 24. The number of carbonyl (C=O) groups is 6. The second-order valence-electron chi connectivity index (χ2n) is 38.8. The largest absolute Gasteiger partial charge is 0.468 e. The van der Waals surface area contributed by atoms with E-state index in [1.807, 2.05) is 49.9 Å². The number of aliphatic hydroxyl groups is 4. The Balaban J connectivity index is 0.000000156. The third-order valence-corrected chi connectivity index (χ3v) is 29.8. The van der Waals surface area contributed by atoms with E-state index in [-0.39, 0.29) is 140 Å². The van der Waals surface area contributed by atoms with Gasteiger partial charge in [-0.2, -0.15) is 63.2 Å². The van der Waals surface area contributed by atoms with Crippen LogP contribution in [0.25, 0.3) is 0 Å². The first-order valence-corrected chi connectivity index (χ1v) is 46.9. The number of nitriles is 2. The SMILES string of the molecule is COC(=O)C1(c2cccnc2)CCC(N(C(=O)c2ccc([C@](C)(O)C(F)(F)F)cc2)C2CC2)CC1.COC(=O)C1(c2cccnc2)CCC(N(C(=O)c2ccc([C@](C)(O)C(F)(F)F)cc2)C2CC2)CC1.C[C@](O)(c1ccc(C(=O)N(C2CC2)C2CCC(CC#N)(c3ccccc3F)CC2)cc1)C(F)(F)F.C[C@](O)(c1ccc(C(=O)N(C2CC2)C2CCC(CC#N)(c3ccccn3)CC2)cc1)C(F)(F)F. The summed E-state index contributed by atoms with van der Waals surface area (Å²) in [7, 11) is 2.73. The lowest BCUT2D eigenvalue weighted by molar-refractivity contribution is -0.259. The Hall–Kier alpha value is -11.7. The molecule has 742 valence electrons. The predicted octanol–water partition coefficient (Wildman–Crippen LogP) is 20.3. The minimum Gasteiger partial charge on any atom is -0.468 e. The second kappa shape index (κ2) is 41.6. The Labute approximate surface area is 798 Å². The topological polar surface area (TPSA) is 301 Å². The molecule has 0 aliphatic heterocycles. The maximum Gasteiger partial charge on any atom is 0.421 e. The number of hydrogen-bond acceptors (Lipinski definition) is 17. The molecule has 3 heterocycles. The Morgan fingerprint density at radius 3 is 0.849 bits per heavy atom. The lowest BCUT2D eigenvalue weighted by Gasteiger charge is -2.43. The quantitative estimate of drug-likeness (QED) is 0.0323. The van der Waals surface area contributed by atoms with Crippen LogP contribution in [0.1, 0.15) is 281 Å². The summed E-state index contributed by atoms with van der Waals surface area (Å²) >= 11 is 0. The fraction of sp³-hybridized carbons (Fsp3) is 0.495. The van der Waals surface area contributed by atoms with Crippen molar-refractivity contribution in [1.82, 2.24) is 34.6 Å². The van der Waals surface area contributed by atoms with Gasteiger partial charge < -0.3 is 49.5 Å². The van der Waals surface area contributed by atoms with Gasteiger partial charge in [0.05, 0.1) is 37.2 Å². The van der Waals surface area contributed by atoms with Gasteiger partial charge in [-0.05, 0) is 300 Å². The number of amides is 4. The fourth-order valence-electron chi connectivity index (χ4n) is 20.4. The van der Waals surface area contributed by atoms with Crippen LogP contribution < -0.4 is 0 Å². The lowest BCUT2D eigenvalue weighted by Crippen LogP contribution is -2.49. The third-order valence-electron chi connectivity index (χ3n) is 29.8. The van der Waals surface area contributed by atoms with Gasteiger partial charge >= 0.3 is 36.6 Å². The number of nitrogens with zero attached hydrogens (tertiary/aromatic N) is 9. The van der Waals surface area contributed by atoms with Gasteiger partial charge in [-0.1, -0.05) is 84.9 Å². The first kappa shape index (κ1) is 105. The molecule has 16 rings (SSSR count). The van der Waals surface area contributed by atoms with Gasteiger partial charge in [-0.15, -0.1) is 0 Å². The Morgan fingerprint density at radius 2 is 0.612 bits per heavy atom. The standard InChI is InChI=1S/C27H28F4N2O2.C26H28F3N3O2.2C26H29F3N2O4/c1-25(35,27(29,30)31)19-8-6-18(7-9-19)24(34)33(20-10-11-20)21-12-14-26(15-13-21,16-17-32)22-4-2-3-5-23(22)28;1-24(34,26(27,28)29)19-7-5-18(6-8-19)23(33)32(20-9-10-20)21-11-13-25(14-12-21,15-16-30)22-4-2-3-17-31-22;2*1-24(34,26(27,28)29)18-7-5-17(6-8-18)22(32)31(20-9-10-20)21-11-13-25(14-12-21,23(33)35-2)19-4-3-15-30-16-19/h2-9,20-21,35H,10-16H2,1H3;2-8,17,20-21,34H,9-15H2,1H3;2*3-8,15-16,20-21,34H,9-14H2,1-2H3/t21?,25-,26?;3*21?,24-,25?/m0000/s1. The van der Waals surface area contributed by atoms with Crippen molar-refractivity contribution in [2.75, 3.05) is 14.2 Å². The third kappa shape index (κ3) is 22.4. The number of methoxy groups -OCH3 is 2. The zero-order valence-electron chi connectivity index (χ0n) is 78.0. The maximum atomic E-state index is 14.6. The molecule has 8 saturated carbocycles. The van der Waals surface area contributed by atoms with E-state index in [4.69, 9.17) is 9.47 Å². The molecule has 34 heteroatoms. The summed E-state index contributed by atoms with van der Waals surface area (Å²) in [5.74, 6) is -1.91. The van der Waals surface area contributed by atoms with Crippen LogP contribution in [0, 0.1) is 28.5 Å². The van der Waals surface area contributed by atoms with E-state index in [9.17, 15) is 117 Å². The van der Waals surface area contributed by atoms with E-state index in [2.05, 4.69) is 27.1 Å². The number of pyridine rings is 3. The lowest BCUT2D eigenvalue weighted by atomic mass is 9.66. The van der Waals surface area contributed by atoms with Gasteiger partial charge in [0.25, 0.3) is 23.6 Å². The average molecular weight is 1940 g/mol. The van der Waals surface area contributed by atoms with Gasteiger partial charge in [0.1, 0.15) is 5.82 Å². The predicted molar refractivity (Wildman–Crippen MR) is 484 cm³/mol. The van der Waals surface area contributed by atoms with Gasteiger partial charge in [-0.3, -0.25) is 43.7 Å². The summed E-state index contributed by atoms with van der Waals surface area (Å²) in [4.78, 5) is 99.6. The molecule has 8 aromatic rings. The van der Waals surface area contributed by atoms with Crippen LogP contribution in [0.15, 0.2) is 195 Å². The molecule has 8 aliphatic rings. The number of hydrogen-bond donors (Lipinski definition) is 4. The molecular formula is C105H114F13N9O12. The monoisotopic (exact) mass is 1940 g/mol. The van der Waals surface area contributed by atoms with E-state index >= 15 is 0 Å². The molecule has 0 spiro atoms. The van der Waals surface area contributed by atoms with Crippen LogP contribution >= 0.6 is 0 Å². The van der Waals surface area contributed by atoms with E-state index in [0.717, 1.165) is 130 Å². The van der Waals surface area contributed by atoms with Crippen LogP contribution in [0.5, 0.6) is 0 Å². The van der Waals surface area contributed by atoms with Crippen molar-refractivity contribution in [3.8, 4) is 12.1 Å². The van der Waals surface area contributed by atoms with Crippen molar-refractivity contribution >= 4 is 35.6 Å². The zero-order chi connectivity index (χ0) is 101. The Morgan fingerprint density at radius 1 is 0.353 bits per heavy atom. The number of benzene rings is 5. The van der Waals surface area contributed by atoms with E-state index in [1.54, 1.807) is 61.3 Å². The summed E-state index contributed by atoms with van der Waals surface area (Å²) in [6, 6.07) is 44.1. The van der Waals surface area contributed by atoms with E-state index in [1.165, 1.54) is 80.9 Å². The first-order chi connectivity index (χ1) is 65.6.